The molecule has 0 radical (unpaired) electrons. The molecule has 0 saturated carbocycles. The molecule has 3 N–H and O–H groups in total. The highest BCUT2D eigenvalue weighted by atomic mass is 16.4. The molecule has 124 valence electrons. The monoisotopic (exact) mass is 301 g/mol. The van der Waals surface area contributed by atoms with E-state index < -0.39 is 5.97 Å². The standard InChI is InChI=1S/C15H31N3O3/c1-12(2)13(11-18(3)4)17-15(21)16-10-8-6-5-7-9-14(19)20/h12-13H,5-11H2,1-4H3,(H,19,20)(H2,16,17,21). The van der Waals surface area contributed by atoms with Crippen LogP contribution in [0, 0.1) is 5.92 Å². The van der Waals surface area contributed by atoms with Crippen LogP contribution in [0.4, 0.5) is 4.79 Å². The van der Waals surface area contributed by atoms with Gasteiger partial charge < -0.3 is 20.6 Å². The highest BCUT2D eigenvalue weighted by Gasteiger charge is 2.16. The first-order valence-corrected chi connectivity index (χ1v) is 7.73. The topological polar surface area (TPSA) is 81.7 Å². The van der Waals surface area contributed by atoms with Crippen molar-refractivity contribution in [3.05, 3.63) is 0 Å². The molecule has 6 nitrogen and oxygen atoms in total. The minimum Gasteiger partial charge on any atom is -0.481 e. The van der Waals surface area contributed by atoms with Crippen molar-refractivity contribution in [1.29, 1.82) is 0 Å². The first-order valence-electron chi connectivity index (χ1n) is 7.73. The molecule has 1 atom stereocenters. The zero-order valence-corrected chi connectivity index (χ0v) is 13.8. The Hall–Kier alpha value is -1.30. The fraction of sp³-hybridized carbons (Fsp3) is 0.867. The van der Waals surface area contributed by atoms with Crippen LogP contribution >= 0.6 is 0 Å². The van der Waals surface area contributed by atoms with E-state index in [1.54, 1.807) is 0 Å². The molecule has 0 aromatic rings. The number of hydrogen-bond donors (Lipinski definition) is 3. The maximum absolute atomic E-state index is 11.8. The fourth-order valence-electron chi connectivity index (χ4n) is 1.99. The minimum absolute atomic E-state index is 0.124. The van der Waals surface area contributed by atoms with Gasteiger partial charge in [0.1, 0.15) is 0 Å². The van der Waals surface area contributed by atoms with Crippen molar-refractivity contribution in [2.24, 2.45) is 5.92 Å². The summed E-state index contributed by atoms with van der Waals surface area (Å²) < 4.78 is 0. The van der Waals surface area contributed by atoms with Gasteiger partial charge in [0, 0.05) is 25.6 Å². The summed E-state index contributed by atoms with van der Waals surface area (Å²) in [5.41, 5.74) is 0. The fourth-order valence-corrected chi connectivity index (χ4v) is 1.99. The van der Waals surface area contributed by atoms with Gasteiger partial charge in [-0.3, -0.25) is 4.79 Å². The molecule has 0 spiro atoms. The normalized spacial score (nSPS) is 12.5. The van der Waals surface area contributed by atoms with E-state index in [1.807, 2.05) is 14.1 Å². The highest BCUT2D eigenvalue weighted by Crippen LogP contribution is 2.03. The molecule has 0 aliphatic heterocycles. The third-order valence-corrected chi connectivity index (χ3v) is 3.29. The van der Waals surface area contributed by atoms with Crippen molar-refractivity contribution < 1.29 is 14.7 Å². The van der Waals surface area contributed by atoms with Crippen LogP contribution in [0.15, 0.2) is 0 Å². The van der Waals surface area contributed by atoms with Crippen LogP contribution in [-0.2, 0) is 4.79 Å². The number of aliphatic carboxylic acids is 1. The van der Waals surface area contributed by atoms with Gasteiger partial charge in [-0.2, -0.15) is 0 Å². The quantitative estimate of drug-likeness (QED) is 0.509. The van der Waals surface area contributed by atoms with E-state index in [4.69, 9.17) is 5.11 Å². The van der Waals surface area contributed by atoms with Gasteiger partial charge in [-0.1, -0.05) is 26.7 Å². The van der Waals surface area contributed by atoms with Crippen LogP contribution in [0.2, 0.25) is 0 Å². The number of nitrogens with one attached hydrogen (secondary N) is 2. The summed E-state index contributed by atoms with van der Waals surface area (Å²) in [6, 6.07) is 0.0108. The first-order chi connectivity index (χ1) is 9.82. The molecule has 0 aromatic heterocycles. The first kappa shape index (κ1) is 19.7. The van der Waals surface area contributed by atoms with Crippen LogP contribution in [0.1, 0.15) is 46.0 Å². The molecule has 0 rings (SSSR count). The zero-order valence-electron chi connectivity index (χ0n) is 13.8. The second-order valence-electron chi connectivity index (χ2n) is 6.07. The second kappa shape index (κ2) is 11.4. The molecule has 1 unspecified atom stereocenters. The van der Waals surface area contributed by atoms with Gasteiger partial charge in [-0.15, -0.1) is 0 Å². The lowest BCUT2D eigenvalue weighted by atomic mass is 10.0. The smallest absolute Gasteiger partial charge is 0.315 e. The number of nitrogens with zero attached hydrogens (tertiary/aromatic N) is 1. The molecule has 0 heterocycles. The van der Waals surface area contributed by atoms with Crippen molar-refractivity contribution in [3.63, 3.8) is 0 Å². The number of carboxylic acid groups (broad SMARTS) is 1. The number of carbonyl (C=O) groups excluding carboxylic acids is 1. The number of amides is 2. The van der Waals surface area contributed by atoms with Gasteiger partial charge in [-0.05, 0) is 32.9 Å². The van der Waals surface area contributed by atoms with Crippen LogP contribution < -0.4 is 10.6 Å². The highest BCUT2D eigenvalue weighted by molar-refractivity contribution is 5.74. The van der Waals surface area contributed by atoms with Crippen molar-refractivity contribution in [2.75, 3.05) is 27.2 Å². The molecule has 0 aromatic carbocycles. The number of hydrogen-bond acceptors (Lipinski definition) is 3. The summed E-state index contributed by atoms with van der Waals surface area (Å²) in [5, 5.41) is 14.4. The third-order valence-electron chi connectivity index (χ3n) is 3.29. The van der Waals surface area contributed by atoms with E-state index in [1.165, 1.54) is 0 Å². The molecule has 0 bridgehead atoms. The predicted octanol–water partition coefficient (Wildman–Crippen LogP) is 1.91. The Morgan fingerprint density at radius 2 is 1.71 bits per heavy atom. The minimum atomic E-state index is -0.742. The lowest BCUT2D eigenvalue weighted by molar-refractivity contribution is -0.137. The number of carbonyl (C=O) groups is 2. The van der Waals surface area contributed by atoms with E-state index >= 15 is 0 Å². The zero-order chi connectivity index (χ0) is 16.3. The third kappa shape index (κ3) is 12.2. The van der Waals surface area contributed by atoms with E-state index in [-0.39, 0.29) is 18.5 Å². The van der Waals surface area contributed by atoms with Crippen molar-refractivity contribution in [1.82, 2.24) is 15.5 Å². The molecule has 0 fully saturated rings. The molecular weight excluding hydrogens is 270 g/mol. The van der Waals surface area contributed by atoms with Crippen molar-refractivity contribution in [2.45, 2.75) is 52.0 Å². The molecule has 6 heteroatoms. The summed E-state index contributed by atoms with van der Waals surface area (Å²) in [7, 11) is 3.98. The number of likely N-dealkylation sites (N-methyl/N-ethyl adjacent to an activating group) is 1. The van der Waals surface area contributed by atoms with Crippen LogP contribution in [0.25, 0.3) is 0 Å². The van der Waals surface area contributed by atoms with Gasteiger partial charge in [0.05, 0.1) is 0 Å². The van der Waals surface area contributed by atoms with Crippen LogP contribution in [0.5, 0.6) is 0 Å². The number of urea groups is 1. The Kier molecular flexibility index (Phi) is 10.7. The summed E-state index contributed by atoms with van der Waals surface area (Å²) in [4.78, 5) is 24.2. The van der Waals surface area contributed by atoms with E-state index in [0.717, 1.165) is 25.8 Å². The second-order valence-corrected chi connectivity index (χ2v) is 6.07. The molecule has 0 aliphatic rings. The van der Waals surface area contributed by atoms with Gasteiger partial charge in [-0.25, -0.2) is 4.79 Å². The van der Waals surface area contributed by atoms with E-state index in [9.17, 15) is 9.59 Å². The molecule has 21 heavy (non-hydrogen) atoms. The largest absolute Gasteiger partial charge is 0.481 e. The molecule has 0 saturated heterocycles. The van der Waals surface area contributed by atoms with E-state index in [2.05, 4.69) is 29.4 Å². The van der Waals surface area contributed by atoms with Crippen LogP contribution in [-0.4, -0.2) is 55.2 Å². The average molecular weight is 301 g/mol. The van der Waals surface area contributed by atoms with Gasteiger partial charge in [0.15, 0.2) is 0 Å². The van der Waals surface area contributed by atoms with Gasteiger partial charge in [0.25, 0.3) is 0 Å². The number of carboxylic acids is 1. The Balaban J connectivity index is 3.71. The van der Waals surface area contributed by atoms with Crippen molar-refractivity contribution >= 4 is 12.0 Å². The lowest BCUT2D eigenvalue weighted by Gasteiger charge is -2.25. The molecule has 2 amide bonds. The van der Waals surface area contributed by atoms with Crippen LogP contribution in [0.3, 0.4) is 0 Å². The SMILES string of the molecule is CC(C)C(CN(C)C)NC(=O)NCCCCCCC(=O)O. The number of rotatable bonds is 11. The summed E-state index contributed by atoms with van der Waals surface area (Å²) >= 11 is 0. The number of unbranched alkanes of at least 4 members (excludes halogenated alkanes) is 3. The van der Waals surface area contributed by atoms with Gasteiger partial charge >= 0.3 is 12.0 Å². The molecular formula is C15H31N3O3. The predicted molar refractivity (Wildman–Crippen MR) is 84.4 cm³/mol. The average Bonchev–Trinajstić information content (AvgIpc) is 2.35. The Labute approximate surface area is 128 Å². The van der Waals surface area contributed by atoms with Crippen molar-refractivity contribution in [3.8, 4) is 0 Å². The Morgan fingerprint density at radius 3 is 2.24 bits per heavy atom. The maximum Gasteiger partial charge on any atom is 0.315 e. The summed E-state index contributed by atoms with van der Waals surface area (Å²) in [6.07, 6.45) is 3.66. The molecule has 0 aliphatic carbocycles. The Bertz CT molecular complexity index is 307. The van der Waals surface area contributed by atoms with E-state index in [0.29, 0.717) is 18.9 Å². The lowest BCUT2D eigenvalue weighted by Crippen LogP contribution is -2.49. The Morgan fingerprint density at radius 1 is 1.10 bits per heavy atom. The summed E-state index contributed by atoms with van der Waals surface area (Å²) in [6.45, 7) is 5.64. The van der Waals surface area contributed by atoms with Gasteiger partial charge in [0.2, 0.25) is 0 Å². The summed E-state index contributed by atoms with van der Waals surface area (Å²) in [5.74, 6) is -0.359. The maximum atomic E-state index is 11.8.